The standard InChI is InChI=1S/C16H36N2O5/c1-4-17(6-11-20-2)8-13-22-15-16-23-14-9-18(5-10-19)7-12-21-3/h19H,4-16H2,1-3H3. The van der Waals surface area contributed by atoms with Gasteiger partial charge in [-0.05, 0) is 6.54 Å². The Labute approximate surface area is 141 Å². The number of hydrogen-bond donors (Lipinski definition) is 1. The Hall–Kier alpha value is -0.280. The predicted octanol–water partition coefficient (Wildman–Crippen LogP) is -0.0714. The van der Waals surface area contributed by atoms with Crippen molar-refractivity contribution in [3.8, 4) is 0 Å². The molecule has 140 valence electrons. The first-order valence-electron chi connectivity index (χ1n) is 8.47. The van der Waals surface area contributed by atoms with E-state index in [1.165, 1.54) is 0 Å². The van der Waals surface area contributed by atoms with E-state index in [2.05, 4.69) is 16.7 Å². The van der Waals surface area contributed by atoms with Gasteiger partial charge in [0, 0.05) is 46.9 Å². The summed E-state index contributed by atoms with van der Waals surface area (Å²) in [4.78, 5) is 4.42. The molecule has 0 aliphatic rings. The van der Waals surface area contributed by atoms with Crippen LogP contribution in [0.25, 0.3) is 0 Å². The van der Waals surface area contributed by atoms with Gasteiger partial charge in [0.15, 0.2) is 0 Å². The number of methoxy groups -OCH3 is 2. The molecule has 0 aromatic heterocycles. The molecule has 7 nitrogen and oxygen atoms in total. The zero-order chi connectivity index (χ0) is 17.2. The van der Waals surface area contributed by atoms with E-state index < -0.39 is 0 Å². The fourth-order valence-electron chi connectivity index (χ4n) is 2.05. The SMILES string of the molecule is CCN(CCOC)CCOCCOCCN(CCO)CCOC. The molecule has 0 bridgehead atoms. The van der Waals surface area contributed by atoms with Crippen molar-refractivity contribution in [1.82, 2.24) is 9.80 Å². The van der Waals surface area contributed by atoms with Gasteiger partial charge in [0.1, 0.15) is 0 Å². The van der Waals surface area contributed by atoms with Crippen molar-refractivity contribution in [3.63, 3.8) is 0 Å². The van der Waals surface area contributed by atoms with Gasteiger partial charge in [-0.3, -0.25) is 9.80 Å². The Bertz CT molecular complexity index is 235. The van der Waals surface area contributed by atoms with Crippen LogP contribution in [0.2, 0.25) is 0 Å². The number of hydrogen-bond acceptors (Lipinski definition) is 7. The molecule has 0 aliphatic carbocycles. The Morgan fingerprint density at radius 1 is 0.652 bits per heavy atom. The Balaban J connectivity index is 3.46. The molecule has 0 aromatic rings. The molecule has 0 unspecified atom stereocenters. The fourth-order valence-corrected chi connectivity index (χ4v) is 2.05. The number of rotatable bonds is 18. The highest BCUT2D eigenvalue weighted by Crippen LogP contribution is 1.91. The maximum atomic E-state index is 9.00. The fraction of sp³-hybridized carbons (Fsp3) is 1.00. The second-order valence-electron chi connectivity index (χ2n) is 5.21. The van der Waals surface area contributed by atoms with E-state index in [1.54, 1.807) is 14.2 Å². The van der Waals surface area contributed by atoms with Gasteiger partial charge in [-0.15, -0.1) is 0 Å². The molecule has 1 N–H and O–H groups in total. The first kappa shape index (κ1) is 22.7. The van der Waals surface area contributed by atoms with Crippen molar-refractivity contribution >= 4 is 0 Å². The third-order valence-corrected chi connectivity index (χ3v) is 3.56. The summed E-state index contributed by atoms with van der Waals surface area (Å²) in [5, 5.41) is 9.00. The Morgan fingerprint density at radius 2 is 1.13 bits per heavy atom. The minimum Gasteiger partial charge on any atom is -0.395 e. The lowest BCUT2D eigenvalue weighted by atomic mass is 10.4. The summed E-state index contributed by atoms with van der Waals surface area (Å²) >= 11 is 0. The van der Waals surface area contributed by atoms with Crippen molar-refractivity contribution in [2.24, 2.45) is 0 Å². The minimum atomic E-state index is 0.157. The maximum Gasteiger partial charge on any atom is 0.0701 e. The lowest BCUT2D eigenvalue weighted by molar-refractivity contribution is 0.0258. The minimum absolute atomic E-state index is 0.157. The molecule has 0 fully saturated rings. The van der Waals surface area contributed by atoms with Crippen LogP contribution in [-0.4, -0.2) is 115 Å². The highest BCUT2D eigenvalue weighted by atomic mass is 16.5. The van der Waals surface area contributed by atoms with Gasteiger partial charge in [0.2, 0.25) is 0 Å². The van der Waals surface area contributed by atoms with E-state index >= 15 is 0 Å². The summed E-state index contributed by atoms with van der Waals surface area (Å²) < 4.78 is 21.3. The zero-order valence-electron chi connectivity index (χ0n) is 15.2. The average molecular weight is 336 g/mol. The molecule has 7 heteroatoms. The van der Waals surface area contributed by atoms with Crippen molar-refractivity contribution in [1.29, 1.82) is 0 Å². The summed E-state index contributed by atoms with van der Waals surface area (Å²) in [6, 6.07) is 0. The van der Waals surface area contributed by atoms with E-state index in [1.807, 2.05) is 0 Å². The van der Waals surface area contributed by atoms with Crippen LogP contribution in [0.3, 0.4) is 0 Å². The predicted molar refractivity (Wildman–Crippen MR) is 91.0 cm³/mol. The monoisotopic (exact) mass is 336 g/mol. The lowest BCUT2D eigenvalue weighted by Gasteiger charge is -2.21. The summed E-state index contributed by atoms with van der Waals surface area (Å²) in [6.45, 7) is 11.4. The highest BCUT2D eigenvalue weighted by molar-refractivity contribution is 4.56. The molecule has 0 atom stereocenters. The molecule has 0 saturated carbocycles. The van der Waals surface area contributed by atoms with Crippen LogP contribution >= 0.6 is 0 Å². The van der Waals surface area contributed by atoms with E-state index in [4.69, 9.17) is 24.1 Å². The van der Waals surface area contributed by atoms with Gasteiger partial charge in [-0.2, -0.15) is 0 Å². The van der Waals surface area contributed by atoms with E-state index in [-0.39, 0.29) is 6.61 Å². The maximum absolute atomic E-state index is 9.00. The van der Waals surface area contributed by atoms with Crippen molar-refractivity contribution in [2.75, 3.05) is 99.7 Å². The van der Waals surface area contributed by atoms with Crippen LogP contribution in [-0.2, 0) is 18.9 Å². The molecule has 0 amide bonds. The zero-order valence-corrected chi connectivity index (χ0v) is 15.2. The van der Waals surface area contributed by atoms with Crippen LogP contribution in [0.4, 0.5) is 0 Å². The smallest absolute Gasteiger partial charge is 0.0701 e. The van der Waals surface area contributed by atoms with Gasteiger partial charge in [-0.25, -0.2) is 0 Å². The van der Waals surface area contributed by atoms with Crippen molar-refractivity contribution < 1.29 is 24.1 Å². The molecule has 0 spiro atoms. The number of likely N-dealkylation sites (N-methyl/N-ethyl adjacent to an activating group) is 1. The quantitative estimate of drug-likeness (QED) is 0.352. The molecule has 0 aromatic carbocycles. The van der Waals surface area contributed by atoms with E-state index in [9.17, 15) is 0 Å². The third-order valence-electron chi connectivity index (χ3n) is 3.56. The summed E-state index contributed by atoms with van der Waals surface area (Å²) in [6.07, 6.45) is 0. The second-order valence-corrected chi connectivity index (χ2v) is 5.21. The van der Waals surface area contributed by atoms with Crippen molar-refractivity contribution in [2.45, 2.75) is 6.92 Å². The largest absolute Gasteiger partial charge is 0.395 e. The Morgan fingerprint density at radius 3 is 1.61 bits per heavy atom. The lowest BCUT2D eigenvalue weighted by Crippen LogP contribution is -2.33. The number of ether oxygens (including phenoxy) is 4. The topological polar surface area (TPSA) is 63.6 Å². The molecule has 0 rings (SSSR count). The molecule has 0 saturated heterocycles. The van der Waals surface area contributed by atoms with Crippen LogP contribution in [0.5, 0.6) is 0 Å². The van der Waals surface area contributed by atoms with Crippen LogP contribution in [0, 0.1) is 0 Å². The van der Waals surface area contributed by atoms with E-state index in [0.29, 0.717) is 39.6 Å². The van der Waals surface area contributed by atoms with Crippen LogP contribution < -0.4 is 0 Å². The molecule has 0 aliphatic heterocycles. The number of aliphatic hydroxyl groups is 1. The summed E-state index contributed by atoms with van der Waals surface area (Å²) in [5.74, 6) is 0. The molecule has 0 heterocycles. The summed E-state index contributed by atoms with van der Waals surface area (Å²) in [5.41, 5.74) is 0. The van der Waals surface area contributed by atoms with Crippen molar-refractivity contribution in [3.05, 3.63) is 0 Å². The molecular weight excluding hydrogens is 300 g/mol. The normalized spacial score (nSPS) is 11.7. The molecule has 0 radical (unpaired) electrons. The van der Waals surface area contributed by atoms with Gasteiger partial charge in [-0.1, -0.05) is 6.92 Å². The van der Waals surface area contributed by atoms with Gasteiger partial charge in [0.25, 0.3) is 0 Å². The van der Waals surface area contributed by atoms with Gasteiger partial charge < -0.3 is 24.1 Å². The third kappa shape index (κ3) is 15.0. The first-order chi connectivity index (χ1) is 11.3. The number of aliphatic hydroxyl groups excluding tert-OH is 1. The first-order valence-corrected chi connectivity index (χ1v) is 8.47. The van der Waals surface area contributed by atoms with E-state index in [0.717, 1.165) is 39.3 Å². The van der Waals surface area contributed by atoms with Crippen LogP contribution in [0.15, 0.2) is 0 Å². The van der Waals surface area contributed by atoms with Gasteiger partial charge in [0.05, 0.1) is 46.2 Å². The van der Waals surface area contributed by atoms with Crippen LogP contribution in [0.1, 0.15) is 6.92 Å². The molecular formula is C16H36N2O5. The molecule has 23 heavy (non-hydrogen) atoms. The Kier molecular flexibility index (Phi) is 17.8. The highest BCUT2D eigenvalue weighted by Gasteiger charge is 2.04. The number of nitrogens with zero attached hydrogens (tertiary/aromatic N) is 2. The summed E-state index contributed by atoms with van der Waals surface area (Å²) in [7, 11) is 3.40. The average Bonchev–Trinajstić information content (AvgIpc) is 2.57. The van der Waals surface area contributed by atoms with Gasteiger partial charge >= 0.3 is 0 Å². The second kappa shape index (κ2) is 18.1.